The Morgan fingerprint density at radius 1 is 1.19 bits per heavy atom. The van der Waals surface area contributed by atoms with Crippen molar-refractivity contribution >= 4 is 17.3 Å². The number of nitro groups is 1. The van der Waals surface area contributed by atoms with E-state index in [2.05, 4.69) is 5.32 Å². The molecule has 0 atom stereocenters. The highest BCUT2D eigenvalue weighted by atomic mass is 16.6. The van der Waals surface area contributed by atoms with Crippen molar-refractivity contribution < 1.29 is 19.2 Å². The molecule has 1 amide bonds. The normalized spacial score (nSPS) is 10.5. The van der Waals surface area contributed by atoms with Crippen LogP contribution in [0.1, 0.15) is 21.7 Å². The van der Waals surface area contributed by atoms with E-state index in [9.17, 15) is 14.9 Å². The lowest BCUT2D eigenvalue weighted by atomic mass is 10.1. The van der Waals surface area contributed by atoms with Gasteiger partial charge < -0.3 is 14.8 Å². The Morgan fingerprint density at radius 3 is 2.65 bits per heavy atom. The van der Waals surface area contributed by atoms with E-state index in [1.54, 1.807) is 24.3 Å². The monoisotopic (exact) mass is 352 g/mol. The van der Waals surface area contributed by atoms with Crippen molar-refractivity contribution in [2.75, 3.05) is 5.32 Å². The minimum absolute atomic E-state index is 0.0112. The predicted molar refractivity (Wildman–Crippen MR) is 95.9 cm³/mol. The van der Waals surface area contributed by atoms with E-state index >= 15 is 0 Å². The summed E-state index contributed by atoms with van der Waals surface area (Å²) in [7, 11) is 0. The molecule has 0 bridgehead atoms. The van der Waals surface area contributed by atoms with Crippen LogP contribution in [-0.4, -0.2) is 15.9 Å². The summed E-state index contributed by atoms with van der Waals surface area (Å²) in [4.78, 5) is 23.0. The molecule has 0 saturated heterocycles. The predicted octanol–water partition coefficient (Wildman–Crippen LogP) is 3.91. The lowest BCUT2D eigenvalue weighted by molar-refractivity contribution is -0.385. The van der Waals surface area contributed by atoms with Gasteiger partial charge in [0.2, 0.25) is 0 Å². The molecule has 3 aromatic rings. The average molecular weight is 352 g/mol. The standard InChI is InChI=1S/C19H16N2O5/c1-12-6-7-13(18-9-8-14(11-22)26-18)10-16(12)20-19(23)15-4-2-3-5-17(15)21(24)25/h2-10,22H,11H2,1H3,(H,20,23). The molecule has 0 aliphatic rings. The Bertz CT molecular complexity index is 978. The van der Waals surface area contributed by atoms with Crippen molar-refractivity contribution in [1.82, 2.24) is 0 Å². The Balaban J connectivity index is 1.91. The Morgan fingerprint density at radius 2 is 1.96 bits per heavy atom. The summed E-state index contributed by atoms with van der Waals surface area (Å²) in [6.45, 7) is 1.62. The zero-order chi connectivity index (χ0) is 18.7. The van der Waals surface area contributed by atoms with Crippen LogP contribution in [0.3, 0.4) is 0 Å². The molecule has 1 heterocycles. The molecule has 132 valence electrons. The second kappa shape index (κ2) is 7.20. The van der Waals surface area contributed by atoms with Crippen molar-refractivity contribution in [1.29, 1.82) is 0 Å². The number of rotatable bonds is 5. The van der Waals surface area contributed by atoms with Crippen LogP contribution >= 0.6 is 0 Å². The van der Waals surface area contributed by atoms with Crippen LogP contribution in [0, 0.1) is 17.0 Å². The Hall–Kier alpha value is -3.45. The van der Waals surface area contributed by atoms with E-state index in [1.165, 1.54) is 18.2 Å². The topological polar surface area (TPSA) is 106 Å². The summed E-state index contributed by atoms with van der Waals surface area (Å²) in [5, 5.41) is 22.9. The number of aliphatic hydroxyl groups excluding tert-OH is 1. The quantitative estimate of drug-likeness (QED) is 0.535. The van der Waals surface area contributed by atoms with E-state index in [0.717, 1.165) is 5.56 Å². The average Bonchev–Trinajstić information content (AvgIpc) is 3.12. The largest absolute Gasteiger partial charge is 0.459 e. The fourth-order valence-corrected chi connectivity index (χ4v) is 2.54. The molecule has 7 heteroatoms. The van der Waals surface area contributed by atoms with Crippen LogP contribution in [0.25, 0.3) is 11.3 Å². The highest BCUT2D eigenvalue weighted by Gasteiger charge is 2.20. The number of hydrogen-bond donors (Lipinski definition) is 2. The van der Waals surface area contributed by atoms with Gasteiger partial charge in [-0.1, -0.05) is 24.3 Å². The van der Waals surface area contributed by atoms with Gasteiger partial charge in [-0.25, -0.2) is 0 Å². The first-order valence-electron chi connectivity index (χ1n) is 7.85. The molecule has 26 heavy (non-hydrogen) atoms. The smallest absolute Gasteiger partial charge is 0.282 e. The van der Waals surface area contributed by atoms with Crippen molar-refractivity contribution in [3.05, 3.63) is 81.6 Å². The van der Waals surface area contributed by atoms with Gasteiger partial charge in [0.05, 0.1) is 4.92 Å². The lowest BCUT2D eigenvalue weighted by Gasteiger charge is -2.10. The number of carbonyl (C=O) groups excluding carboxylic acids is 1. The van der Waals surface area contributed by atoms with Crippen molar-refractivity contribution in [2.45, 2.75) is 13.5 Å². The highest BCUT2D eigenvalue weighted by Crippen LogP contribution is 2.28. The maximum atomic E-state index is 12.5. The van der Waals surface area contributed by atoms with E-state index in [1.807, 2.05) is 19.1 Å². The molecule has 0 spiro atoms. The molecule has 0 radical (unpaired) electrons. The second-order valence-corrected chi connectivity index (χ2v) is 5.68. The third kappa shape index (κ3) is 3.47. The molecule has 0 saturated carbocycles. The van der Waals surface area contributed by atoms with Gasteiger partial charge in [0.25, 0.3) is 11.6 Å². The first kappa shape index (κ1) is 17.4. The molecule has 0 aliphatic heterocycles. The number of nitrogens with zero attached hydrogens (tertiary/aromatic N) is 1. The van der Waals surface area contributed by atoms with E-state index in [0.29, 0.717) is 22.8 Å². The minimum atomic E-state index is -0.586. The van der Waals surface area contributed by atoms with Gasteiger partial charge in [-0.05, 0) is 36.8 Å². The van der Waals surface area contributed by atoms with E-state index < -0.39 is 10.8 Å². The summed E-state index contributed by atoms with van der Waals surface area (Å²) in [6, 6.07) is 14.5. The van der Waals surface area contributed by atoms with Crippen LogP contribution in [0.5, 0.6) is 0 Å². The molecule has 2 aromatic carbocycles. The summed E-state index contributed by atoms with van der Waals surface area (Å²) in [6.07, 6.45) is 0. The number of furan rings is 1. The summed E-state index contributed by atoms with van der Waals surface area (Å²) in [5.74, 6) is 0.425. The SMILES string of the molecule is Cc1ccc(-c2ccc(CO)o2)cc1NC(=O)c1ccccc1[N+](=O)[O-]. The van der Waals surface area contributed by atoms with Gasteiger partial charge in [0.15, 0.2) is 0 Å². The second-order valence-electron chi connectivity index (χ2n) is 5.68. The van der Waals surface area contributed by atoms with Crippen LogP contribution in [0.4, 0.5) is 11.4 Å². The van der Waals surface area contributed by atoms with Gasteiger partial charge in [0, 0.05) is 17.3 Å². The molecule has 0 aliphatic carbocycles. The first-order valence-corrected chi connectivity index (χ1v) is 7.85. The third-order valence-electron chi connectivity index (χ3n) is 3.93. The van der Waals surface area contributed by atoms with E-state index in [-0.39, 0.29) is 17.9 Å². The molecule has 1 aromatic heterocycles. The van der Waals surface area contributed by atoms with Crippen LogP contribution in [0.15, 0.2) is 59.0 Å². The van der Waals surface area contributed by atoms with Gasteiger partial charge in [0.1, 0.15) is 23.7 Å². The Kier molecular flexibility index (Phi) is 4.81. The Labute approximate surface area is 149 Å². The molecule has 2 N–H and O–H groups in total. The number of aryl methyl sites for hydroxylation is 1. The minimum Gasteiger partial charge on any atom is -0.459 e. The number of benzene rings is 2. The number of nitro benzene ring substituents is 1. The van der Waals surface area contributed by atoms with Crippen LogP contribution in [-0.2, 0) is 6.61 Å². The van der Waals surface area contributed by atoms with Crippen molar-refractivity contribution in [2.24, 2.45) is 0 Å². The molecule has 0 unspecified atom stereocenters. The summed E-state index contributed by atoms with van der Waals surface area (Å²) in [5.41, 5.74) is 1.77. The van der Waals surface area contributed by atoms with Gasteiger partial charge in [-0.3, -0.25) is 14.9 Å². The fraction of sp³-hybridized carbons (Fsp3) is 0.105. The molecule has 3 rings (SSSR count). The maximum absolute atomic E-state index is 12.5. The molecular weight excluding hydrogens is 336 g/mol. The van der Waals surface area contributed by atoms with Gasteiger partial charge in [-0.15, -0.1) is 0 Å². The summed E-state index contributed by atoms with van der Waals surface area (Å²) < 4.78 is 5.50. The number of aliphatic hydroxyl groups is 1. The van der Waals surface area contributed by atoms with Crippen molar-refractivity contribution in [3.63, 3.8) is 0 Å². The number of nitrogens with one attached hydrogen (secondary N) is 1. The number of para-hydroxylation sites is 1. The highest BCUT2D eigenvalue weighted by molar-refractivity contribution is 6.07. The first-order chi connectivity index (χ1) is 12.5. The number of anilines is 1. The third-order valence-corrected chi connectivity index (χ3v) is 3.93. The molecular formula is C19H16N2O5. The van der Waals surface area contributed by atoms with Gasteiger partial charge in [-0.2, -0.15) is 0 Å². The lowest BCUT2D eigenvalue weighted by Crippen LogP contribution is -2.14. The van der Waals surface area contributed by atoms with Crippen LogP contribution < -0.4 is 5.32 Å². The van der Waals surface area contributed by atoms with Crippen molar-refractivity contribution in [3.8, 4) is 11.3 Å². The number of hydrogen-bond acceptors (Lipinski definition) is 5. The van der Waals surface area contributed by atoms with Gasteiger partial charge >= 0.3 is 0 Å². The number of carbonyl (C=O) groups is 1. The fourth-order valence-electron chi connectivity index (χ4n) is 2.54. The summed E-state index contributed by atoms with van der Waals surface area (Å²) >= 11 is 0. The zero-order valence-corrected chi connectivity index (χ0v) is 13.9. The number of amides is 1. The van der Waals surface area contributed by atoms with Crippen LogP contribution in [0.2, 0.25) is 0 Å². The molecule has 7 nitrogen and oxygen atoms in total. The van der Waals surface area contributed by atoms with E-state index in [4.69, 9.17) is 9.52 Å². The zero-order valence-electron chi connectivity index (χ0n) is 13.9. The maximum Gasteiger partial charge on any atom is 0.282 e. The molecule has 0 fully saturated rings.